The van der Waals surface area contributed by atoms with E-state index < -0.39 is 0 Å². The molecule has 1 N–H and O–H groups in total. The van der Waals surface area contributed by atoms with E-state index in [1.165, 1.54) is 0 Å². The van der Waals surface area contributed by atoms with Crippen LogP contribution in [0, 0.1) is 5.92 Å². The van der Waals surface area contributed by atoms with Gasteiger partial charge in [-0.1, -0.05) is 26.7 Å². The zero-order valence-corrected chi connectivity index (χ0v) is 11.8. The summed E-state index contributed by atoms with van der Waals surface area (Å²) in [7, 11) is 0. The Morgan fingerprint density at radius 1 is 1.41 bits per heavy atom. The fourth-order valence-corrected chi connectivity index (χ4v) is 1.78. The van der Waals surface area contributed by atoms with Crippen molar-refractivity contribution in [2.24, 2.45) is 5.92 Å². The van der Waals surface area contributed by atoms with Gasteiger partial charge in [0, 0.05) is 5.92 Å². The Bertz CT molecular complexity index is 353. The molecular formula is C12H18BrN3O. The third kappa shape index (κ3) is 4.81. The summed E-state index contributed by atoms with van der Waals surface area (Å²) in [5.74, 6) is 0.617. The predicted molar refractivity (Wildman–Crippen MR) is 71.7 cm³/mol. The second-order valence-electron chi connectivity index (χ2n) is 3.96. The summed E-state index contributed by atoms with van der Waals surface area (Å²) in [5.41, 5.74) is 0. The highest BCUT2D eigenvalue weighted by Gasteiger charge is 2.16. The number of unbranched alkanes of at least 4 members (excludes halogenated alkanes) is 1. The summed E-state index contributed by atoms with van der Waals surface area (Å²) in [6.45, 7) is 4.16. The van der Waals surface area contributed by atoms with Gasteiger partial charge in [-0.05, 0) is 28.8 Å². The third-order valence-electron chi connectivity index (χ3n) is 2.64. The largest absolute Gasteiger partial charge is 0.309 e. The number of nitrogens with one attached hydrogen (secondary N) is 1. The van der Waals surface area contributed by atoms with Crippen LogP contribution in [-0.2, 0) is 4.79 Å². The van der Waals surface area contributed by atoms with E-state index in [4.69, 9.17) is 0 Å². The van der Waals surface area contributed by atoms with E-state index in [1.807, 2.05) is 6.92 Å². The highest BCUT2D eigenvalue weighted by molar-refractivity contribution is 9.10. The number of hydrogen-bond donors (Lipinski definition) is 1. The highest BCUT2D eigenvalue weighted by atomic mass is 79.9. The Kier molecular flexibility index (Phi) is 6.11. The van der Waals surface area contributed by atoms with Gasteiger partial charge < -0.3 is 5.32 Å². The Morgan fingerprint density at radius 3 is 2.71 bits per heavy atom. The third-order valence-corrected chi connectivity index (χ3v) is 3.05. The molecule has 17 heavy (non-hydrogen) atoms. The van der Waals surface area contributed by atoms with Crippen LogP contribution in [0.2, 0.25) is 0 Å². The van der Waals surface area contributed by atoms with Crippen molar-refractivity contribution in [2.75, 3.05) is 5.32 Å². The van der Waals surface area contributed by atoms with E-state index in [1.54, 1.807) is 12.4 Å². The van der Waals surface area contributed by atoms with Crippen LogP contribution in [0.25, 0.3) is 0 Å². The molecule has 0 aliphatic heterocycles. The maximum absolute atomic E-state index is 11.9. The van der Waals surface area contributed by atoms with Crippen molar-refractivity contribution in [3.8, 4) is 0 Å². The van der Waals surface area contributed by atoms with Gasteiger partial charge in [0.25, 0.3) is 0 Å². The van der Waals surface area contributed by atoms with E-state index in [2.05, 4.69) is 38.1 Å². The standard InChI is InChI=1S/C12H18BrN3O/c1-3-5-6-9(4-2)12(17)16-11-8-14-10(13)7-15-11/h7-9H,3-6H2,1-2H3,(H,15,16,17). The molecular weight excluding hydrogens is 282 g/mol. The lowest BCUT2D eigenvalue weighted by Crippen LogP contribution is -2.22. The fraction of sp³-hybridized carbons (Fsp3) is 0.583. The number of aromatic nitrogens is 2. The van der Waals surface area contributed by atoms with Gasteiger partial charge in [-0.25, -0.2) is 9.97 Å². The van der Waals surface area contributed by atoms with Crippen LogP contribution in [0.5, 0.6) is 0 Å². The maximum Gasteiger partial charge on any atom is 0.228 e. The molecule has 1 aromatic heterocycles. The lowest BCUT2D eigenvalue weighted by molar-refractivity contribution is -0.120. The average molecular weight is 300 g/mol. The number of anilines is 1. The lowest BCUT2D eigenvalue weighted by atomic mass is 9.98. The Morgan fingerprint density at radius 2 is 2.18 bits per heavy atom. The molecule has 1 heterocycles. The zero-order chi connectivity index (χ0) is 12.7. The van der Waals surface area contributed by atoms with Gasteiger partial charge in [-0.3, -0.25) is 4.79 Å². The molecule has 1 atom stereocenters. The van der Waals surface area contributed by atoms with Gasteiger partial charge in [-0.15, -0.1) is 0 Å². The van der Waals surface area contributed by atoms with Crippen molar-refractivity contribution in [2.45, 2.75) is 39.5 Å². The molecule has 1 rings (SSSR count). The number of amides is 1. The zero-order valence-electron chi connectivity index (χ0n) is 10.2. The van der Waals surface area contributed by atoms with E-state index in [0.29, 0.717) is 10.4 Å². The number of carbonyl (C=O) groups is 1. The molecule has 0 aliphatic rings. The quantitative estimate of drug-likeness (QED) is 0.876. The molecule has 0 bridgehead atoms. The van der Waals surface area contributed by atoms with Crippen LogP contribution in [0.4, 0.5) is 5.82 Å². The smallest absolute Gasteiger partial charge is 0.228 e. The molecule has 0 radical (unpaired) electrons. The SMILES string of the molecule is CCCCC(CC)C(=O)Nc1cnc(Br)cn1. The molecule has 1 unspecified atom stereocenters. The molecule has 1 aromatic rings. The van der Waals surface area contributed by atoms with Gasteiger partial charge in [0.05, 0.1) is 12.4 Å². The monoisotopic (exact) mass is 299 g/mol. The first-order valence-electron chi connectivity index (χ1n) is 5.95. The van der Waals surface area contributed by atoms with Crippen molar-refractivity contribution in [1.29, 1.82) is 0 Å². The molecule has 0 saturated heterocycles. The summed E-state index contributed by atoms with van der Waals surface area (Å²) in [5, 5.41) is 2.80. The predicted octanol–water partition coefficient (Wildman–Crippen LogP) is 3.39. The Balaban J connectivity index is 2.54. The molecule has 0 fully saturated rings. The average Bonchev–Trinajstić information content (AvgIpc) is 2.33. The van der Waals surface area contributed by atoms with Crippen LogP contribution in [0.1, 0.15) is 39.5 Å². The topological polar surface area (TPSA) is 54.9 Å². The maximum atomic E-state index is 11.9. The summed E-state index contributed by atoms with van der Waals surface area (Å²) in [4.78, 5) is 20.0. The summed E-state index contributed by atoms with van der Waals surface area (Å²) in [6, 6.07) is 0. The van der Waals surface area contributed by atoms with E-state index in [0.717, 1.165) is 25.7 Å². The molecule has 0 aliphatic carbocycles. The molecule has 0 spiro atoms. The molecule has 0 saturated carbocycles. The second kappa shape index (κ2) is 7.37. The molecule has 4 nitrogen and oxygen atoms in total. The van der Waals surface area contributed by atoms with Crippen LogP contribution < -0.4 is 5.32 Å². The summed E-state index contributed by atoms with van der Waals surface area (Å²) >= 11 is 3.20. The minimum atomic E-state index is 0.0394. The van der Waals surface area contributed by atoms with Crippen LogP contribution in [0.3, 0.4) is 0 Å². The van der Waals surface area contributed by atoms with Gasteiger partial charge in [0.15, 0.2) is 5.82 Å². The fourth-order valence-electron chi connectivity index (χ4n) is 1.58. The summed E-state index contributed by atoms with van der Waals surface area (Å²) in [6.07, 6.45) is 7.11. The number of halogens is 1. The molecule has 0 aromatic carbocycles. The first kappa shape index (κ1) is 14.1. The second-order valence-corrected chi connectivity index (χ2v) is 4.77. The molecule has 5 heteroatoms. The van der Waals surface area contributed by atoms with Crippen LogP contribution in [-0.4, -0.2) is 15.9 Å². The van der Waals surface area contributed by atoms with Crippen molar-refractivity contribution in [3.05, 3.63) is 17.0 Å². The molecule has 1 amide bonds. The van der Waals surface area contributed by atoms with Gasteiger partial charge in [0.1, 0.15) is 4.60 Å². The highest BCUT2D eigenvalue weighted by Crippen LogP contribution is 2.15. The Labute approximate surface area is 110 Å². The minimum absolute atomic E-state index is 0.0394. The van der Waals surface area contributed by atoms with Crippen molar-refractivity contribution in [3.63, 3.8) is 0 Å². The van der Waals surface area contributed by atoms with E-state index >= 15 is 0 Å². The minimum Gasteiger partial charge on any atom is -0.309 e. The first-order valence-corrected chi connectivity index (χ1v) is 6.75. The van der Waals surface area contributed by atoms with Gasteiger partial charge >= 0.3 is 0 Å². The van der Waals surface area contributed by atoms with Gasteiger partial charge in [0.2, 0.25) is 5.91 Å². The van der Waals surface area contributed by atoms with Crippen LogP contribution >= 0.6 is 15.9 Å². The number of hydrogen-bond acceptors (Lipinski definition) is 3. The number of nitrogens with zero attached hydrogens (tertiary/aromatic N) is 2. The van der Waals surface area contributed by atoms with Crippen LogP contribution in [0.15, 0.2) is 17.0 Å². The van der Waals surface area contributed by atoms with Gasteiger partial charge in [-0.2, -0.15) is 0 Å². The van der Waals surface area contributed by atoms with E-state index in [-0.39, 0.29) is 11.8 Å². The van der Waals surface area contributed by atoms with E-state index in [9.17, 15) is 4.79 Å². The normalized spacial score (nSPS) is 12.2. The first-order chi connectivity index (χ1) is 8.17. The lowest BCUT2D eigenvalue weighted by Gasteiger charge is -2.13. The number of rotatable bonds is 6. The van der Waals surface area contributed by atoms with Crippen molar-refractivity contribution < 1.29 is 4.79 Å². The van der Waals surface area contributed by atoms with Crippen molar-refractivity contribution in [1.82, 2.24) is 9.97 Å². The summed E-state index contributed by atoms with van der Waals surface area (Å²) < 4.78 is 0.661. The number of carbonyl (C=O) groups excluding carboxylic acids is 1. The Hall–Kier alpha value is -0.970. The van der Waals surface area contributed by atoms with Crippen molar-refractivity contribution >= 4 is 27.7 Å². The molecule has 94 valence electrons.